The highest BCUT2D eigenvalue weighted by Gasteiger charge is 2.32. The van der Waals surface area contributed by atoms with E-state index in [9.17, 15) is 18.0 Å². The van der Waals surface area contributed by atoms with Gasteiger partial charge < -0.3 is 14.0 Å². The molecule has 1 aliphatic rings. The van der Waals surface area contributed by atoms with Crippen molar-refractivity contribution in [2.45, 2.75) is 45.1 Å². The minimum atomic E-state index is -3.66. The molecule has 0 spiro atoms. The third-order valence-corrected chi connectivity index (χ3v) is 9.55. The number of aryl methyl sites for hydroxylation is 2. The molecule has 0 bridgehead atoms. The van der Waals surface area contributed by atoms with Gasteiger partial charge >= 0.3 is 5.97 Å². The molecule has 2 aromatic carbocycles. The monoisotopic (exact) mass is 545 g/mol. The van der Waals surface area contributed by atoms with E-state index in [2.05, 4.69) is 4.99 Å². The molecule has 198 valence electrons. The van der Waals surface area contributed by atoms with Gasteiger partial charge in [0, 0.05) is 19.0 Å². The van der Waals surface area contributed by atoms with E-state index in [1.807, 2.05) is 26.0 Å². The molecule has 0 radical (unpaired) electrons. The number of benzene rings is 2. The maximum absolute atomic E-state index is 13.2. The Morgan fingerprint density at radius 1 is 1.08 bits per heavy atom. The van der Waals surface area contributed by atoms with Crippen LogP contribution in [0.4, 0.5) is 0 Å². The lowest BCUT2D eigenvalue weighted by atomic mass is 9.98. The molecule has 1 aromatic heterocycles. The number of amides is 1. The van der Waals surface area contributed by atoms with Crippen molar-refractivity contribution >= 4 is 43.5 Å². The van der Waals surface area contributed by atoms with Crippen LogP contribution in [0.5, 0.6) is 5.75 Å². The van der Waals surface area contributed by atoms with Crippen molar-refractivity contribution in [3.63, 3.8) is 0 Å². The second-order valence-electron chi connectivity index (χ2n) is 8.98. The number of aromatic nitrogens is 1. The Bertz CT molecular complexity index is 1480. The summed E-state index contributed by atoms with van der Waals surface area (Å²) in [5.41, 5.74) is 3.01. The van der Waals surface area contributed by atoms with E-state index in [1.54, 1.807) is 23.6 Å². The number of thiazole rings is 1. The zero-order chi connectivity index (χ0) is 26.7. The van der Waals surface area contributed by atoms with Crippen LogP contribution in [0.2, 0.25) is 0 Å². The fourth-order valence-electron chi connectivity index (χ4n) is 4.32. The van der Waals surface area contributed by atoms with E-state index in [4.69, 9.17) is 9.47 Å². The number of carbonyl (C=O) groups excluding carboxylic acids is 2. The van der Waals surface area contributed by atoms with Gasteiger partial charge in [0.15, 0.2) is 4.80 Å². The van der Waals surface area contributed by atoms with Gasteiger partial charge in [-0.1, -0.05) is 11.3 Å². The molecule has 1 aliphatic heterocycles. The number of hydrogen-bond donors (Lipinski definition) is 0. The number of carbonyl (C=O) groups is 2. The molecule has 0 saturated carbocycles. The summed E-state index contributed by atoms with van der Waals surface area (Å²) in [4.78, 5) is 30.5. The topological polar surface area (TPSA) is 107 Å². The molecule has 2 heterocycles. The lowest BCUT2D eigenvalue weighted by molar-refractivity contribution is -0.143. The van der Waals surface area contributed by atoms with Crippen LogP contribution in [0.3, 0.4) is 0 Å². The molecular weight excluding hydrogens is 514 g/mol. The van der Waals surface area contributed by atoms with E-state index in [0.717, 1.165) is 21.3 Å². The number of esters is 1. The van der Waals surface area contributed by atoms with Crippen LogP contribution in [0.15, 0.2) is 46.3 Å². The van der Waals surface area contributed by atoms with Gasteiger partial charge in [0.05, 0.1) is 28.8 Å². The van der Waals surface area contributed by atoms with Gasteiger partial charge in [0.25, 0.3) is 5.91 Å². The van der Waals surface area contributed by atoms with Crippen molar-refractivity contribution < 1.29 is 27.5 Å². The minimum absolute atomic E-state index is 0.0407. The molecule has 1 fully saturated rings. The molecule has 0 N–H and O–H groups in total. The van der Waals surface area contributed by atoms with Crippen molar-refractivity contribution in [3.05, 3.63) is 52.3 Å². The molecular formula is C26H31N3O6S2. The largest absolute Gasteiger partial charge is 0.497 e. The van der Waals surface area contributed by atoms with Crippen LogP contribution >= 0.6 is 11.3 Å². The minimum Gasteiger partial charge on any atom is -0.497 e. The van der Waals surface area contributed by atoms with E-state index in [1.165, 1.54) is 34.9 Å². The molecule has 0 aliphatic carbocycles. The normalized spacial score (nSPS) is 15.7. The zero-order valence-electron chi connectivity index (χ0n) is 21.4. The highest BCUT2D eigenvalue weighted by atomic mass is 32.2. The first kappa shape index (κ1) is 27.0. The van der Waals surface area contributed by atoms with E-state index >= 15 is 0 Å². The van der Waals surface area contributed by atoms with Gasteiger partial charge in [-0.3, -0.25) is 9.59 Å². The van der Waals surface area contributed by atoms with Crippen LogP contribution in [-0.2, 0) is 30.9 Å². The lowest BCUT2D eigenvalue weighted by Gasteiger charge is -2.29. The molecule has 11 heteroatoms. The number of fused-ring (bicyclic) bond motifs is 1. The maximum atomic E-state index is 13.2. The van der Waals surface area contributed by atoms with Crippen molar-refractivity contribution in [1.29, 1.82) is 0 Å². The first-order valence-corrected chi connectivity index (χ1v) is 14.4. The summed E-state index contributed by atoms with van der Waals surface area (Å²) in [5, 5.41) is 0. The Kier molecular flexibility index (Phi) is 8.15. The highest BCUT2D eigenvalue weighted by molar-refractivity contribution is 7.89. The third kappa shape index (κ3) is 5.78. The summed E-state index contributed by atoms with van der Waals surface area (Å²) in [5.74, 6) is -0.519. The molecule has 0 unspecified atom stereocenters. The summed E-state index contributed by atoms with van der Waals surface area (Å²) >= 11 is 1.36. The SMILES string of the molecule is CCOC(=O)Cn1c(=NC(=O)C2CCN(S(=O)(=O)c3ccc(OC)cc3)CC2)sc2cc(C)c(C)cc21. The van der Waals surface area contributed by atoms with Gasteiger partial charge in [-0.15, -0.1) is 0 Å². The Hall–Kier alpha value is -3.02. The summed E-state index contributed by atoms with van der Waals surface area (Å²) in [7, 11) is -2.14. The van der Waals surface area contributed by atoms with Crippen LogP contribution in [0.1, 0.15) is 30.9 Å². The van der Waals surface area contributed by atoms with Crippen LogP contribution < -0.4 is 9.54 Å². The van der Waals surface area contributed by atoms with Gasteiger partial charge in [0.2, 0.25) is 10.0 Å². The average molecular weight is 546 g/mol. The van der Waals surface area contributed by atoms with Crippen LogP contribution in [0, 0.1) is 19.8 Å². The van der Waals surface area contributed by atoms with E-state index < -0.39 is 21.9 Å². The fraction of sp³-hybridized carbons (Fsp3) is 0.423. The zero-order valence-corrected chi connectivity index (χ0v) is 23.0. The number of nitrogens with zero attached hydrogens (tertiary/aromatic N) is 3. The standard InChI is InChI=1S/C26H31N3O6S2/c1-5-35-24(30)16-29-22-14-17(2)18(3)15-23(22)36-26(29)27-25(31)19-10-12-28(13-11-19)37(32,33)21-8-6-20(34-4)7-9-21/h6-9,14-15,19H,5,10-13,16H2,1-4H3. The Balaban J connectivity index is 1.55. The van der Waals surface area contributed by atoms with Gasteiger partial charge in [-0.2, -0.15) is 9.30 Å². The van der Waals surface area contributed by atoms with Crippen molar-refractivity contribution in [2.24, 2.45) is 10.9 Å². The predicted molar refractivity (Wildman–Crippen MR) is 141 cm³/mol. The Morgan fingerprint density at radius 2 is 1.73 bits per heavy atom. The Labute approximate surface area is 220 Å². The predicted octanol–water partition coefficient (Wildman–Crippen LogP) is 3.42. The maximum Gasteiger partial charge on any atom is 0.326 e. The number of rotatable bonds is 7. The molecule has 9 nitrogen and oxygen atoms in total. The van der Waals surface area contributed by atoms with Crippen molar-refractivity contribution in [2.75, 3.05) is 26.8 Å². The molecule has 37 heavy (non-hydrogen) atoms. The van der Waals surface area contributed by atoms with Crippen molar-refractivity contribution in [3.8, 4) is 5.75 Å². The molecule has 3 aromatic rings. The van der Waals surface area contributed by atoms with Crippen molar-refractivity contribution in [1.82, 2.24) is 8.87 Å². The molecule has 1 amide bonds. The highest BCUT2D eigenvalue weighted by Crippen LogP contribution is 2.26. The molecule has 1 saturated heterocycles. The number of hydrogen-bond acceptors (Lipinski definition) is 7. The first-order chi connectivity index (χ1) is 17.6. The van der Waals surface area contributed by atoms with E-state index in [0.29, 0.717) is 23.4 Å². The van der Waals surface area contributed by atoms with Crippen LogP contribution in [-0.4, -0.2) is 56.0 Å². The second kappa shape index (κ2) is 11.2. The summed E-state index contributed by atoms with van der Waals surface area (Å²) < 4.78 is 40.4. The summed E-state index contributed by atoms with van der Waals surface area (Å²) in [6.45, 7) is 6.44. The fourth-order valence-corrected chi connectivity index (χ4v) is 6.91. The van der Waals surface area contributed by atoms with Gasteiger partial charge in [-0.25, -0.2) is 8.42 Å². The lowest BCUT2D eigenvalue weighted by Crippen LogP contribution is -2.40. The van der Waals surface area contributed by atoms with Crippen LogP contribution in [0.25, 0.3) is 10.2 Å². The molecule has 0 atom stereocenters. The number of methoxy groups -OCH3 is 1. The third-order valence-electron chi connectivity index (χ3n) is 6.60. The van der Waals surface area contributed by atoms with E-state index in [-0.39, 0.29) is 37.0 Å². The average Bonchev–Trinajstić information content (AvgIpc) is 3.19. The van der Waals surface area contributed by atoms with Gasteiger partial charge in [0.1, 0.15) is 12.3 Å². The quantitative estimate of drug-likeness (QED) is 0.421. The number of piperidine rings is 1. The first-order valence-electron chi connectivity index (χ1n) is 12.1. The number of sulfonamides is 1. The van der Waals surface area contributed by atoms with Gasteiger partial charge in [-0.05, 0) is 81.1 Å². The summed E-state index contributed by atoms with van der Waals surface area (Å²) in [6, 6.07) is 10.3. The second-order valence-corrected chi connectivity index (χ2v) is 11.9. The molecule has 4 rings (SSSR count). The smallest absolute Gasteiger partial charge is 0.326 e. The number of ether oxygens (including phenoxy) is 2. The Morgan fingerprint density at radius 3 is 2.35 bits per heavy atom. The summed E-state index contributed by atoms with van der Waals surface area (Å²) in [6.07, 6.45) is 0.747.